The lowest BCUT2D eigenvalue weighted by Gasteiger charge is -2.07. The first-order valence-corrected chi connectivity index (χ1v) is 6.13. The van der Waals surface area contributed by atoms with Crippen LogP contribution in [0.25, 0.3) is 0 Å². The number of aromatic hydroxyl groups is 1. The van der Waals surface area contributed by atoms with Gasteiger partial charge in [-0.05, 0) is 37.6 Å². The Morgan fingerprint density at radius 2 is 2.16 bits per heavy atom. The second-order valence-corrected chi connectivity index (χ2v) is 4.03. The Balaban J connectivity index is 2.29. The maximum Gasteiger partial charge on any atom is 0.166 e. The maximum atomic E-state index is 10.0. The Morgan fingerprint density at radius 3 is 2.89 bits per heavy atom. The summed E-state index contributed by atoms with van der Waals surface area (Å²) in [7, 11) is 0. The van der Waals surface area contributed by atoms with Crippen molar-refractivity contribution in [3.05, 3.63) is 47.7 Å². The number of pyridine rings is 1. The number of aliphatic imine (C=N–C) groups is 1. The molecule has 0 bridgehead atoms. The molecular formula is C15H16N2O2. The molecule has 1 aromatic carbocycles. The fraction of sp³-hybridized carbons (Fsp3) is 0.200. The highest BCUT2D eigenvalue weighted by molar-refractivity contribution is 5.86. The summed E-state index contributed by atoms with van der Waals surface area (Å²) >= 11 is 0. The van der Waals surface area contributed by atoms with E-state index in [0.717, 1.165) is 5.56 Å². The van der Waals surface area contributed by atoms with Crippen LogP contribution in [0.1, 0.15) is 18.1 Å². The SMILES string of the molecule is CCOc1cccc(/C=N/c2ncccc2C)c1O. The molecule has 2 aromatic rings. The molecule has 0 saturated heterocycles. The van der Waals surface area contributed by atoms with Crippen LogP contribution in [0.3, 0.4) is 0 Å². The number of aryl methyl sites for hydroxylation is 1. The third kappa shape index (κ3) is 3.10. The zero-order valence-corrected chi connectivity index (χ0v) is 11.0. The van der Waals surface area contributed by atoms with E-state index >= 15 is 0 Å². The number of rotatable bonds is 4. The van der Waals surface area contributed by atoms with Crippen LogP contribution in [0, 0.1) is 6.92 Å². The number of hydrogen-bond acceptors (Lipinski definition) is 4. The van der Waals surface area contributed by atoms with E-state index in [1.807, 2.05) is 32.0 Å². The number of ether oxygens (including phenoxy) is 1. The molecule has 1 aromatic heterocycles. The van der Waals surface area contributed by atoms with Gasteiger partial charge in [0.25, 0.3) is 0 Å². The smallest absolute Gasteiger partial charge is 0.166 e. The number of benzene rings is 1. The van der Waals surface area contributed by atoms with Gasteiger partial charge in [-0.2, -0.15) is 0 Å². The van der Waals surface area contributed by atoms with Crippen molar-refractivity contribution in [1.82, 2.24) is 4.98 Å². The summed E-state index contributed by atoms with van der Waals surface area (Å²) in [6.45, 7) is 4.32. The Hall–Kier alpha value is -2.36. The van der Waals surface area contributed by atoms with E-state index in [-0.39, 0.29) is 5.75 Å². The number of aromatic nitrogens is 1. The van der Waals surface area contributed by atoms with Crippen molar-refractivity contribution >= 4 is 12.0 Å². The molecule has 0 atom stereocenters. The van der Waals surface area contributed by atoms with Gasteiger partial charge < -0.3 is 9.84 Å². The summed E-state index contributed by atoms with van der Waals surface area (Å²) in [5, 5.41) is 10.0. The van der Waals surface area contributed by atoms with Gasteiger partial charge in [-0.3, -0.25) is 0 Å². The predicted octanol–water partition coefficient (Wildman–Crippen LogP) is 3.24. The lowest BCUT2D eigenvalue weighted by atomic mass is 10.2. The van der Waals surface area contributed by atoms with Crippen molar-refractivity contribution < 1.29 is 9.84 Å². The van der Waals surface area contributed by atoms with Gasteiger partial charge in [0.1, 0.15) is 0 Å². The standard InChI is InChI=1S/C15H16N2O2/c1-3-19-13-8-4-7-12(14(13)18)10-17-15-11(2)6-5-9-16-15/h4-10,18H,3H2,1-2H3/b17-10+. The van der Waals surface area contributed by atoms with Crippen LogP contribution in [0.4, 0.5) is 5.82 Å². The van der Waals surface area contributed by atoms with Gasteiger partial charge in [0, 0.05) is 18.0 Å². The molecule has 0 radical (unpaired) electrons. The van der Waals surface area contributed by atoms with E-state index in [1.165, 1.54) is 0 Å². The number of phenolic OH excluding ortho intramolecular Hbond substituents is 1. The van der Waals surface area contributed by atoms with E-state index in [9.17, 15) is 5.11 Å². The molecule has 0 unspecified atom stereocenters. The van der Waals surface area contributed by atoms with E-state index < -0.39 is 0 Å². The summed E-state index contributed by atoms with van der Waals surface area (Å²) in [5.74, 6) is 1.20. The number of phenols is 1. The Morgan fingerprint density at radius 1 is 1.32 bits per heavy atom. The third-order valence-corrected chi connectivity index (χ3v) is 2.64. The summed E-state index contributed by atoms with van der Waals surface area (Å²) < 4.78 is 5.33. The number of hydrogen-bond donors (Lipinski definition) is 1. The minimum atomic E-state index is 0.0988. The normalized spacial score (nSPS) is 10.8. The van der Waals surface area contributed by atoms with Crippen LogP contribution in [0.15, 0.2) is 41.5 Å². The average Bonchev–Trinajstić information content (AvgIpc) is 2.42. The Labute approximate surface area is 112 Å². The topological polar surface area (TPSA) is 54.7 Å². The minimum absolute atomic E-state index is 0.0988. The van der Waals surface area contributed by atoms with Gasteiger partial charge in [-0.1, -0.05) is 12.1 Å². The average molecular weight is 256 g/mol. The molecule has 0 aliphatic heterocycles. The van der Waals surface area contributed by atoms with Gasteiger partial charge in [-0.15, -0.1) is 0 Å². The van der Waals surface area contributed by atoms with E-state index in [4.69, 9.17) is 4.74 Å². The van der Waals surface area contributed by atoms with Crippen molar-refractivity contribution in [3.8, 4) is 11.5 Å². The summed E-state index contributed by atoms with van der Waals surface area (Å²) in [6.07, 6.45) is 3.28. The lowest BCUT2D eigenvalue weighted by Crippen LogP contribution is -1.93. The van der Waals surface area contributed by atoms with Crippen molar-refractivity contribution in [2.24, 2.45) is 4.99 Å². The fourth-order valence-electron chi connectivity index (χ4n) is 1.66. The Kier molecular flexibility index (Phi) is 4.13. The molecule has 1 N–H and O–H groups in total. The molecule has 19 heavy (non-hydrogen) atoms. The van der Waals surface area contributed by atoms with E-state index in [1.54, 1.807) is 24.5 Å². The third-order valence-electron chi connectivity index (χ3n) is 2.64. The summed E-state index contributed by atoms with van der Waals surface area (Å²) in [6, 6.07) is 9.12. The summed E-state index contributed by atoms with van der Waals surface area (Å²) in [5.41, 5.74) is 1.59. The molecule has 4 heteroatoms. The van der Waals surface area contributed by atoms with Gasteiger partial charge in [-0.25, -0.2) is 9.98 Å². The second kappa shape index (κ2) is 6.00. The molecule has 0 saturated carbocycles. The fourth-order valence-corrected chi connectivity index (χ4v) is 1.66. The van der Waals surface area contributed by atoms with Crippen LogP contribution in [-0.4, -0.2) is 22.9 Å². The Bertz CT molecular complexity index is 594. The van der Waals surface area contributed by atoms with Crippen molar-refractivity contribution in [2.45, 2.75) is 13.8 Å². The largest absolute Gasteiger partial charge is 0.504 e. The van der Waals surface area contributed by atoms with Crippen molar-refractivity contribution in [1.29, 1.82) is 0 Å². The molecule has 1 heterocycles. The molecule has 0 amide bonds. The molecule has 0 fully saturated rings. The number of para-hydroxylation sites is 1. The molecule has 2 rings (SSSR count). The van der Waals surface area contributed by atoms with Crippen molar-refractivity contribution in [3.63, 3.8) is 0 Å². The zero-order chi connectivity index (χ0) is 13.7. The molecular weight excluding hydrogens is 240 g/mol. The van der Waals surface area contributed by atoms with Crippen molar-refractivity contribution in [2.75, 3.05) is 6.61 Å². The van der Waals surface area contributed by atoms with Crippen LogP contribution >= 0.6 is 0 Å². The summed E-state index contributed by atoms with van der Waals surface area (Å²) in [4.78, 5) is 8.46. The first-order valence-electron chi connectivity index (χ1n) is 6.13. The molecule has 4 nitrogen and oxygen atoms in total. The second-order valence-electron chi connectivity index (χ2n) is 4.03. The van der Waals surface area contributed by atoms with Crippen LogP contribution < -0.4 is 4.74 Å². The highest BCUT2D eigenvalue weighted by Gasteiger charge is 2.05. The maximum absolute atomic E-state index is 10.0. The monoisotopic (exact) mass is 256 g/mol. The highest BCUT2D eigenvalue weighted by Crippen LogP contribution is 2.29. The number of nitrogens with zero attached hydrogens (tertiary/aromatic N) is 2. The van der Waals surface area contributed by atoms with E-state index in [0.29, 0.717) is 23.7 Å². The van der Waals surface area contributed by atoms with Gasteiger partial charge in [0.05, 0.1) is 6.61 Å². The minimum Gasteiger partial charge on any atom is -0.504 e. The molecule has 98 valence electrons. The van der Waals surface area contributed by atoms with Gasteiger partial charge in [0.15, 0.2) is 17.3 Å². The van der Waals surface area contributed by atoms with E-state index in [2.05, 4.69) is 9.98 Å². The van der Waals surface area contributed by atoms with Gasteiger partial charge in [0.2, 0.25) is 0 Å². The zero-order valence-electron chi connectivity index (χ0n) is 11.0. The van der Waals surface area contributed by atoms with Crippen LogP contribution in [0.5, 0.6) is 11.5 Å². The first-order chi connectivity index (χ1) is 9.22. The molecule has 0 aliphatic carbocycles. The molecule has 0 aliphatic rings. The highest BCUT2D eigenvalue weighted by atomic mass is 16.5. The first kappa shape index (κ1) is 13.1. The van der Waals surface area contributed by atoms with Crippen LogP contribution in [0.2, 0.25) is 0 Å². The van der Waals surface area contributed by atoms with Crippen LogP contribution in [-0.2, 0) is 0 Å². The predicted molar refractivity (Wildman–Crippen MR) is 75.5 cm³/mol. The lowest BCUT2D eigenvalue weighted by molar-refractivity contribution is 0.318. The quantitative estimate of drug-likeness (QED) is 0.854. The van der Waals surface area contributed by atoms with Gasteiger partial charge >= 0.3 is 0 Å². The molecule has 0 spiro atoms.